The van der Waals surface area contributed by atoms with Gasteiger partial charge < -0.3 is 15.3 Å². The first-order valence-electron chi connectivity index (χ1n) is 12.4. The molecule has 35 heavy (non-hydrogen) atoms. The predicted octanol–water partition coefficient (Wildman–Crippen LogP) is 5.26. The van der Waals surface area contributed by atoms with E-state index in [1.807, 2.05) is 11.0 Å². The highest BCUT2D eigenvalue weighted by atomic mass is 19.1. The lowest BCUT2D eigenvalue weighted by Gasteiger charge is -2.57. The highest BCUT2D eigenvalue weighted by Gasteiger charge is 2.49. The van der Waals surface area contributed by atoms with E-state index in [1.165, 1.54) is 34.4 Å². The first-order valence-corrected chi connectivity index (χ1v) is 12.4. The topological polar surface area (TPSA) is 55.8 Å². The van der Waals surface area contributed by atoms with Crippen LogP contribution in [0.15, 0.2) is 72.8 Å². The van der Waals surface area contributed by atoms with E-state index in [-0.39, 0.29) is 36.5 Å². The molecule has 182 valence electrons. The predicted molar refractivity (Wildman–Crippen MR) is 137 cm³/mol. The van der Waals surface area contributed by atoms with Gasteiger partial charge in [-0.25, -0.2) is 9.18 Å². The molecule has 3 aromatic rings. The number of carbonyl (C=O) groups excluding carboxylic acids is 1. The van der Waals surface area contributed by atoms with E-state index in [0.29, 0.717) is 18.8 Å². The van der Waals surface area contributed by atoms with Crippen molar-refractivity contribution in [3.05, 3.63) is 89.7 Å². The third-order valence-corrected chi connectivity index (χ3v) is 7.48. The second-order valence-electron chi connectivity index (χ2n) is 9.61. The number of fused-ring (bicyclic) bond motifs is 1. The SMILES string of the molecule is Cc1ccccc1-c1ccc([C@@H]2[C@H]3CN(C(=O)Nc4cccc(F)c4)CCCCN3[C@H]2CO)cc1. The van der Waals surface area contributed by atoms with Crippen LogP contribution >= 0.6 is 0 Å². The van der Waals surface area contributed by atoms with Crippen molar-refractivity contribution in [3.63, 3.8) is 0 Å². The minimum absolute atomic E-state index is 0.0514. The molecule has 3 aromatic carbocycles. The molecule has 0 radical (unpaired) electrons. The van der Waals surface area contributed by atoms with Gasteiger partial charge in [0, 0.05) is 36.8 Å². The number of anilines is 1. The maximum atomic E-state index is 13.6. The van der Waals surface area contributed by atoms with Gasteiger partial charge in [-0.3, -0.25) is 4.90 Å². The number of aliphatic hydroxyl groups excluding tert-OH is 1. The van der Waals surface area contributed by atoms with Crippen LogP contribution in [0, 0.1) is 12.7 Å². The summed E-state index contributed by atoms with van der Waals surface area (Å²) < 4.78 is 13.6. The summed E-state index contributed by atoms with van der Waals surface area (Å²) in [5, 5.41) is 13.1. The van der Waals surface area contributed by atoms with E-state index >= 15 is 0 Å². The number of aryl methyl sites for hydroxylation is 1. The molecule has 2 heterocycles. The van der Waals surface area contributed by atoms with Crippen LogP contribution in [-0.2, 0) is 0 Å². The molecular weight excluding hydrogens is 441 g/mol. The fourth-order valence-electron chi connectivity index (χ4n) is 5.68. The third-order valence-electron chi connectivity index (χ3n) is 7.48. The van der Waals surface area contributed by atoms with Crippen molar-refractivity contribution < 1.29 is 14.3 Å². The average Bonchev–Trinajstić information content (AvgIpc) is 2.84. The monoisotopic (exact) mass is 473 g/mol. The number of nitrogens with one attached hydrogen (secondary N) is 1. The number of aliphatic hydroxyl groups is 1. The first kappa shape index (κ1) is 23.5. The summed E-state index contributed by atoms with van der Waals surface area (Å²) in [4.78, 5) is 17.3. The van der Waals surface area contributed by atoms with Crippen LogP contribution in [0.1, 0.15) is 29.9 Å². The second kappa shape index (κ2) is 10.2. The van der Waals surface area contributed by atoms with E-state index < -0.39 is 0 Å². The number of hydrogen-bond acceptors (Lipinski definition) is 3. The molecule has 5 rings (SSSR count). The van der Waals surface area contributed by atoms with Crippen LogP contribution in [0.5, 0.6) is 0 Å². The molecule has 3 atom stereocenters. The van der Waals surface area contributed by atoms with Crippen LogP contribution in [-0.4, -0.2) is 59.3 Å². The molecule has 2 amide bonds. The summed E-state index contributed by atoms with van der Waals surface area (Å²) in [6.07, 6.45) is 1.86. The Morgan fingerprint density at radius 1 is 1.03 bits per heavy atom. The molecule has 2 aliphatic rings. The van der Waals surface area contributed by atoms with Gasteiger partial charge in [0.1, 0.15) is 5.82 Å². The van der Waals surface area contributed by atoms with Gasteiger partial charge in [0.2, 0.25) is 0 Å². The second-order valence-corrected chi connectivity index (χ2v) is 9.61. The molecule has 0 bridgehead atoms. The molecule has 2 N–H and O–H groups in total. The van der Waals surface area contributed by atoms with Crippen molar-refractivity contribution in [2.45, 2.75) is 37.8 Å². The van der Waals surface area contributed by atoms with Gasteiger partial charge in [-0.15, -0.1) is 0 Å². The Morgan fingerprint density at radius 2 is 1.80 bits per heavy atom. The van der Waals surface area contributed by atoms with Gasteiger partial charge in [0.05, 0.1) is 6.61 Å². The molecule has 0 aromatic heterocycles. The van der Waals surface area contributed by atoms with Gasteiger partial charge in [0.25, 0.3) is 0 Å². The van der Waals surface area contributed by atoms with Crippen molar-refractivity contribution in [1.29, 1.82) is 0 Å². The molecule has 6 heteroatoms. The summed E-state index contributed by atoms with van der Waals surface area (Å²) in [6, 6.07) is 23.0. The van der Waals surface area contributed by atoms with Crippen molar-refractivity contribution in [2.75, 3.05) is 31.6 Å². The Kier molecular flexibility index (Phi) is 6.84. The molecule has 0 saturated carbocycles. The number of amides is 2. The summed E-state index contributed by atoms with van der Waals surface area (Å²) in [7, 11) is 0. The van der Waals surface area contributed by atoms with Crippen LogP contribution in [0.4, 0.5) is 14.9 Å². The fourth-order valence-corrected chi connectivity index (χ4v) is 5.68. The van der Waals surface area contributed by atoms with E-state index in [2.05, 4.69) is 59.6 Å². The van der Waals surface area contributed by atoms with E-state index in [4.69, 9.17) is 0 Å². The Morgan fingerprint density at radius 3 is 2.54 bits per heavy atom. The largest absolute Gasteiger partial charge is 0.395 e. The van der Waals surface area contributed by atoms with Gasteiger partial charge in [-0.05, 0) is 66.8 Å². The standard InChI is InChI=1S/C29H32FN3O2/c1-20-7-2-3-10-25(20)21-11-13-22(14-12-21)28-26-18-32(15-4-5-16-33(26)27(28)19-34)29(35)31-24-9-6-8-23(30)17-24/h2-3,6-14,17,26-28,34H,4-5,15-16,18-19H2,1H3,(H,31,35)/t26-,27+,28-/m1/s1. The number of nitrogens with zero attached hydrogens (tertiary/aromatic N) is 2. The summed E-state index contributed by atoms with van der Waals surface area (Å²) in [5.74, 6) is -0.228. The van der Waals surface area contributed by atoms with Crippen LogP contribution < -0.4 is 5.32 Å². The maximum absolute atomic E-state index is 13.6. The van der Waals surface area contributed by atoms with Gasteiger partial charge in [-0.2, -0.15) is 0 Å². The zero-order valence-corrected chi connectivity index (χ0v) is 20.0. The van der Waals surface area contributed by atoms with E-state index in [0.717, 1.165) is 19.4 Å². The molecular formula is C29H32FN3O2. The van der Waals surface area contributed by atoms with Crippen molar-refractivity contribution >= 4 is 11.7 Å². The molecule has 5 nitrogen and oxygen atoms in total. The lowest BCUT2D eigenvalue weighted by molar-refractivity contribution is -0.0585. The van der Waals surface area contributed by atoms with Crippen LogP contribution in [0.3, 0.4) is 0 Å². The highest BCUT2D eigenvalue weighted by Crippen LogP contribution is 2.42. The van der Waals surface area contributed by atoms with E-state index in [1.54, 1.807) is 12.1 Å². The van der Waals surface area contributed by atoms with E-state index in [9.17, 15) is 14.3 Å². The minimum atomic E-state index is -0.374. The minimum Gasteiger partial charge on any atom is -0.395 e. The number of hydrogen-bond donors (Lipinski definition) is 2. The summed E-state index contributed by atoms with van der Waals surface area (Å²) in [6.45, 7) is 4.37. The van der Waals surface area contributed by atoms with Gasteiger partial charge in [0.15, 0.2) is 0 Å². The lowest BCUT2D eigenvalue weighted by atomic mass is 9.74. The number of rotatable bonds is 4. The summed E-state index contributed by atoms with van der Waals surface area (Å²) in [5.41, 5.74) is 5.28. The van der Waals surface area contributed by atoms with Crippen molar-refractivity contribution in [1.82, 2.24) is 9.80 Å². The van der Waals surface area contributed by atoms with Crippen molar-refractivity contribution in [2.24, 2.45) is 0 Å². The van der Waals surface area contributed by atoms with Crippen LogP contribution in [0.25, 0.3) is 11.1 Å². The zero-order valence-electron chi connectivity index (χ0n) is 20.0. The Labute approximate surface area is 206 Å². The van der Waals surface area contributed by atoms with Gasteiger partial charge >= 0.3 is 6.03 Å². The van der Waals surface area contributed by atoms with Crippen molar-refractivity contribution in [3.8, 4) is 11.1 Å². The third kappa shape index (κ3) is 4.81. The smallest absolute Gasteiger partial charge is 0.321 e. The fraction of sp³-hybridized carbons (Fsp3) is 0.345. The molecule has 0 unspecified atom stereocenters. The van der Waals surface area contributed by atoms with Crippen LogP contribution in [0.2, 0.25) is 0 Å². The number of urea groups is 1. The molecule has 2 saturated heterocycles. The Balaban J connectivity index is 1.35. The highest BCUT2D eigenvalue weighted by molar-refractivity contribution is 5.89. The molecule has 0 aliphatic carbocycles. The van der Waals surface area contributed by atoms with Gasteiger partial charge in [-0.1, -0.05) is 54.6 Å². The molecule has 2 aliphatic heterocycles. The summed E-state index contributed by atoms with van der Waals surface area (Å²) >= 11 is 0. The first-order chi connectivity index (χ1) is 17.0. The zero-order chi connectivity index (χ0) is 24.4. The Hall–Kier alpha value is -3.22. The quantitative estimate of drug-likeness (QED) is 0.544. The average molecular weight is 474 g/mol. The number of benzene rings is 3. The number of carbonyl (C=O) groups is 1. The molecule has 2 fully saturated rings. The number of halogens is 1. The molecule has 0 spiro atoms. The lowest BCUT2D eigenvalue weighted by Crippen LogP contribution is -2.68. The Bertz CT molecular complexity index is 1180. The maximum Gasteiger partial charge on any atom is 0.321 e. The normalized spacial score (nSPS) is 22.5.